The fourth-order valence-electron chi connectivity index (χ4n) is 1.89. The second-order valence-corrected chi connectivity index (χ2v) is 7.07. The Bertz CT molecular complexity index is 695. The smallest absolute Gasteiger partial charge is 0.184 e. The third-order valence-electron chi connectivity index (χ3n) is 3.27. The van der Waals surface area contributed by atoms with E-state index in [1.54, 1.807) is 43.3 Å². The fraction of sp³-hybridized carbons (Fsp3) is 0.333. The SMILES string of the molecule is Cc1ccc(CS(=O)(=O)c2ccc(C(C)CO)cc2)nn1. The highest BCUT2D eigenvalue weighted by Gasteiger charge is 2.17. The third kappa shape index (κ3) is 3.86. The zero-order chi connectivity index (χ0) is 15.5. The Labute approximate surface area is 124 Å². The lowest BCUT2D eigenvalue weighted by Gasteiger charge is -2.09. The highest BCUT2D eigenvalue weighted by atomic mass is 32.2. The molecule has 1 atom stereocenters. The largest absolute Gasteiger partial charge is 0.396 e. The van der Waals surface area contributed by atoms with Crippen LogP contribution >= 0.6 is 0 Å². The number of aliphatic hydroxyl groups is 1. The summed E-state index contributed by atoms with van der Waals surface area (Å²) in [5.74, 6) is -0.181. The van der Waals surface area contributed by atoms with E-state index in [4.69, 9.17) is 5.11 Å². The van der Waals surface area contributed by atoms with Crippen molar-refractivity contribution >= 4 is 9.84 Å². The zero-order valence-corrected chi connectivity index (χ0v) is 12.8. The normalized spacial score (nSPS) is 13.1. The van der Waals surface area contributed by atoms with E-state index in [1.807, 2.05) is 6.92 Å². The Balaban J connectivity index is 2.21. The van der Waals surface area contributed by atoms with Crippen LogP contribution in [0.2, 0.25) is 0 Å². The first-order valence-electron chi connectivity index (χ1n) is 6.65. The molecule has 0 aliphatic heterocycles. The number of rotatable bonds is 5. The average Bonchev–Trinajstić information content (AvgIpc) is 2.49. The zero-order valence-electron chi connectivity index (χ0n) is 12.0. The molecular formula is C15H18N2O3S. The van der Waals surface area contributed by atoms with Gasteiger partial charge < -0.3 is 5.11 Å². The predicted molar refractivity (Wildman–Crippen MR) is 79.6 cm³/mol. The van der Waals surface area contributed by atoms with Gasteiger partial charge in [0.15, 0.2) is 9.84 Å². The van der Waals surface area contributed by atoms with Crippen LogP contribution in [0.5, 0.6) is 0 Å². The maximum Gasteiger partial charge on any atom is 0.184 e. The van der Waals surface area contributed by atoms with Crippen LogP contribution in [-0.4, -0.2) is 30.3 Å². The minimum atomic E-state index is -3.44. The third-order valence-corrected chi connectivity index (χ3v) is 4.94. The number of hydrogen-bond acceptors (Lipinski definition) is 5. The lowest BCUT2D eigenvalue weighted by Crippen LogP contribution is -2.08. The molecule has 0 saturated heterocycles. The maximum atomic E-state index is 12.3. The predicted octanol–water partition coefficient (Wildman–Crippen LogP) is 1.85. The summed E-state index contributed by atoms with van der Waals surface area (Å²) in [6.07, 6.45) is 0. The molecule has 0 aliphatic rings. The summed E-state index contributed by atoms with van der Waals surface area (Å²) in [7, 11) is -3.44. The van der Waals surface area contributed by atoms with Crippen LogP contribution in [0.1, 0.15) is 29.8 Å². The van der Waals surface area contributed by atoms with Gasteiger partial charge in [-0.05, 0) is 36.8 Å². The summed E-state index contributed by atoms with van der Waals surface area (Å²) in [6.45, 7) is 3.71. The molecule has 112 valence electrons. The van der Waals surface area contributed by atoms with E-state index in [2.05, 4.69) is 10.2 Å². The van der Waals surface area contributed by atoms with Crippen LogP contribution in [0.3, 0.4) is 0 Å². The molecule has 2 aromatic rings. The van der Waals surface area contributed by atoms with Gasteiger partial charge in [-0.2, -0.15) is 10.2 Å². The Morgan fingerprint density at radius 3 is 2.29 bits per heavy atom. The number of aromatic nitrogens is 2. The van der Waals surface area contributed by atoms with Crippen molar-refractivity contribution in [2.24, 2.45) is 0 Å². The van der Waals surface area contributed by atoms with E-state index in [9.17, 15) is 8.42 Å². The molecule has 0 aliphatic carbocycles. The van der Waals surface area contributed by atoms with Crippen molar-refractivity contribution in [3.8, 4) is 0 Å². The van der Waals surface area contributed by atoms with Crippen LogP contribution < -0.4 is 0 Å². The second-order valence-electron chi connectivity index (χ2n) is 5.08. The molecule has 1 N–H and O–H groups in total. The summed E-state index contributed by atoms with van der Waals surface area (Å²) in [5, 5.41) is 16.9. The molecule has 5 nitrogen and oxygen atoms in total. The summed E-state index contributed by atoms with van der Waals surface area (Å²) >= 11 is 0. The first kappa shape index (κ1) is 15.6. The molecule has 21 heavy (non-hydrogen) atoms. The maximum absolute atomic E-state index is 12.3. The van der Waals surface area contributed by atoms with Gasteiger partial charge in [0, 0.05) is 12.5 Å². The van der Waals surface area contributed by atoms with E-state index in [0.29, 0.717) is 5.69 Å². The number of hydrogen-bond donors (Lipinski definition) is 1. The Kier molecular flexibility index (Phi) is 4.69. The van der Waals surface area contributed by atoms with Crippen molar-refractivity contribution in [1.82, 2.24) is 10.2 Å². The number of aliphatic hydroxyl groups excluding tert-OH is 1. The quantitative estimate of drug-likeness (QED) is 0.912. The first-order valence-corrected chi connectivity index (χ1v) is 8.30. The molecule has 6 heteroatoms. The van der Waals surface area contributed by atoms with Gasteiger partial charge in [0.05, 0.1) is 22.0 Å². The van der Waals surface area contributed by atoms with E-state index in [0.717, 1.165) is 11.3 Å². The molecule has 0 amide bonds. The van der Waals surface area contributed by atoms with Gasteiger partial charge in [0.1, 0.15) is 0 Å². The van der Waals surface area contributed by atoms with Gasteiger partial charge >= 0.3 is 0 Å². The van der Waals surface area contributed by atoms with Crippen LogP contribution in [0, 0.1) is 6.92 Å². The van der Waals surface area contributed by atoms with E-state index >= 15 is 0 Å². The summed E-state index contributed by atoms with van der Waals surface area (Å²) < 4.78 is 24.6. The number of nitrogens with zero attached hydrogens (tertiary/aromatic N) is 2. The highest BCUT2D eigenvalue weighted by molar-refractivity contribution is 7.90. The first-order chi connectivity index (χ1) is 9.92. The van der Waals surface area contributed by atoms with Gasteiger partial charge in [0.25, 0.3) is 0 Å². The van der Waals surface area contributed by atoms with Gasteiger partial charge in [-0.3, -0.25) is 0 Å². The molecular weight excluding hydrogens is 288 g/mol. The molecule has 1 unspecified atom stereocenters. The van der Waals surface area contributed by atoms with Gasteiger partial charge in [0.2, 0.25) is 0 Å². The number of sulfone groups is 1. The van der Waals surface area contributed by atoms with Crippen LogP contribution in [0.4, 0.5) is 0 Å². The topological polar surface area (TPSA) is 80.2 Å². The molecule has 0 bridgehead atoms. The molecule has 0 spiro atoms. The lowest BCUT2D eigenvalue weighted by molar-refractivity contribution is 0.273. The Morgan fingerprint density at radius 2 is 1.76 bits per heavy atom. The van der Waals surface area contributed by atoms with Gasteiger partial charge in [-0.25, -0.2) is 8.42 Å². The van der Waals surface area contributed by atoms with Crippen LogP contribution in [0.15, 0.2) is 41.3 Å². The molecule has 1 aromatic heterocycles. The van der Waals surface area contributed by atoms with Crippen molar-refractivity contribution in [1.29, 1.82) is 0 Å². The monoisotopic (exact) mass is 306 g/mol. The number of benzene rings is 1. The second kappa shape index (κ2) is 6.32. The molecule has 0 fully saturated rings. The van der Waals surface area contributed by atoms with Crippen molar-refractivity contribution in [2.75, 3.05) is 6.61 Å². The van der Waals surface area contributed by atoms with E-state index in [1.165, 1.54) is 0 Å². The summed E-state index contributed by atoms with van der Waals surface area (Å²) in [4.78, 5) is 0.249. The minimum absolute atomic E-state index is 0.00952. The van der Waals surface area contributed by atoms with Gasteiger partial charge in [-0.15, -0.1) is 0 Å². The molecule has 1 heterocycles. The van der Waals surface area contributed by atoms with Crippen molar-refractivity contribution in [2.45, 2.75) is 30.4 Å². The van der Waals surface area contributed by atoms with E-state index < -0.39 is 9.84 Å². The Hall–Kier alpha value is -1.79. The van der Waals surface area contributed by atoms with E-state index in [-0.39, 0.29) is 23.2 Å². The van der Waals surface area contributed by atoms with Crippen molar-refractivity contribution in [3.05, 3.63) is 53.3 Å². The van der Waals surface area contributed by atoms with Gasteiger partial charge in [-0.1, -0.05) is 19.1 Å². The standard InChI is InChI=1S/C15H18N2O3S/c1-11(9-18)13-4-7-15(8-5-13)21(19,20)10-14-6-3-12(2)16-17-14/h3-8,11,18H,9-10H2,1-2H3. The molecule has 2 rings (SSSR count). The average molecular weight is 306 g/mol. The van der Waals surface area contributed by atoms with Crippen LogP contribution in [-0.2, 0) is 15.6 Å². The fourth-order valence-corrected chi connectivity index (χ4v) is 3.15. The van der Waals surface area contributed by atoms with Crippen LogP contribution in [0.25, 0.3) is 0 Å². The molecule has 0 saturated carbocycles. The summed E-state index contributed by atoms with van der Waals surface area (Å²) in [6, 6.07) is 10.0. The number of aryl methyl sites for hydroxylation is 1. The summed E-state index contributed by atoms with van der Waals surface area (Å²) in [5.41, 5.74) is 2.08. The minimum Gasteiger partial charge on any atom is -0.396 e. The molecule has 1 aromatic carbocycles. The Morgan fingerprint density at radius 1 is 1.10 bits per heavy atom. The lowest BCUT2D eigenvalue weighted by atomic mass is 10.0. The highest BCUT2D eigenvalue weighted by Crippen LogP contribution is 2.20. The van der Waals surface area contributed by atoms with Crippen molar-refractivity contribution in [3.63, 3.8) is 0 Å². The van der Waals surface area contributed by atoms with Crippen molar-refractivity contribution < 1.29 is 13.5 Å². The molecule has 0 radical (unpaired) electrons.